The predicted octanol–water partition coefficient (Wildman–Crippen LogP) is 6.61. The SMILES string of the molecule is COC(=O)NC(C)C(=O)N1C2CCC(C2)C1c1ncc(-c2ccc3cc(-c4ccc5nc(C6CCCN6C(=O)C(NC(=O)OC)C(C)C)[nH]c5c4)ccc3c2)[nH]1. The minimum atomic E-state index is -0.704. The number of H-pyrrole nitrogens is 2. The van der Waals surface area contributed by atoms with E-state index in [1.54, 1.807) is 6.92 Å². The number of nitrogens with one attached hydrogen (secondary N) is 4. The molecule has 4 heterocycles. The van der Waals surface area contributed by atoms with E-state index in [1.165, 1.54) is 14.2 Å². The molecule has 4 N–H and O–H groups in total. The van der Waals surface area contributed by atoms with Gasteiger partial charge in [0, 0.05) is 18.2 Å². The van der Waals surface area contributed by atoms with E-state index in [1.807, 2.05) is 35.9 Å². The van der Waals surface area contributed by atoms with Gasteiger partial charge in [0.05, 0.1) is 49.2 Å². The maximum atomic E-state index is 13.6. The van der Waals surface area contributed by atoms with Crippen LogP contribution in [0.4, 0.5) is 9.59 Å². The summed E-state index contributed by atoms with van der Waals surface area (Å²) in [6.45, 7) is 6.09. The van der Waals surface area contributed by atoms with Crippen molar-refractivity contribution in [3.05, 3.63) is 72.4 Å². The van der Waals surface area contributed by atoms with Crippen LogP contribution >= 0.6 is 0 Å². The number of nitrogens with zero attached hydrogens (tertiary/aromatic N) is 4. The topological polar surface area (TPSA) is 175 Å². The lowest BCUT2D eigenvalue weighted by molar-refractivity contribution is -0.138. The number of carbonyl (C=O) groups excluding carboxylic acids is 4. The van der Waals surface area contributed by atoms with E-state index in [-0.39, 0.29) is 35.9 Å². The maximum Gasteiger partial charge on any atom is 0.407 e. The largest absolute Gasteiger partial charge is 0.453 e. The summed E-state index contributed by atoms with van der Waals surface area (Å²) in [5, 5.41) is 7.51. The molecule has 14 nitrogen and oxygen atoms in total. The second kappa shape index (κ2) is 15.0. The van der Waals surface area contributed by atoms with Gasteiger partial charge >= 0.3 is 12.2 Å². The van der Waals surface area contributed by atoms with Gasteiger partial charge in [0.25, 0.3) is 0 Å². The van der Waals surface area contributed by atoms with Gasteiger partial charge in [-0.05, 0) is 97.0 Å². The molecule has 0 spiro atoms. The van der Waals surface area contributed by atoms with E-state index in [2.05, 4.69) is 69.1 Å². The second-order valence-corrected chi connectivity index (χ2v) is 15.6. The number of methoxy groups -OCH3 is 2. The molecule has 3 aliphatic rings. The van der Waals surface area contributed by atoms with E-state index in [4.69, 9.17) is 19.4 Å². The summed E-state index contributed by atoms with van der Waals surface area (Å²) in [7, 11) is 2.58. The number of alkyl carbamates (subject to hydrolysis) is 2. The molecule has 2 saturated heterocycles. The van der Waals surface area contributed by atoms with Crippen molar-refractivity contribution in [1.29, 1.82) is 0 Å². The fourth-order valence-electron chi connectivity index (χ4n) is 8.96. The van der Waals surface area contributed by atoms with Gasteiger partial charge in [0.2, 0.25) is 11.8 Å². The predicted molar refractivity (Wildman–Crippen MR) is 210 cm³/mol. The van der Waals surface area contributed by atoms with Crippen LogP contribution in [0.1, 0.15) is 76.6 Å². The third kappa shape index (κ3) is 6.81. The minimum absolute atomic E-state index is 0.108. The van der Waals surface area contributed by atoms with Crippen LogP contribution in [-0.4, -0.2) is 92.6 Å². The summed E-state index contributed by atoms with van der Waals surface area (Å²) in [6, 6.07) is 17.3. The molecule has 0 radical (unpaired) electrons. The average Bonchev–Trinajstić information content (AvgIpc) is 4.06. The normalized spacial score (nSPS) is 21.5. The number of imidazole rings is 2. The maximum absolute atomic E-state index is 13.6. The highest BCUT2D eigenvalue weighted by Gasteiger charge is 2.50. The number of likely N-dealkylation sites (tertiary alicyclic amines) is 2. The van der Waals surface area contributed by atoms with Gasteiger partial charge in [0.1, 0.15) is 23.7 Å². The van der Waals surface area contributed by atoms with Crippen LogP contribution in [0.25, 0.3) is 44.2 Å². The summed E-state index contributed by atoms with van der Waals surface area (Å²) in [6.07, 6.45) is 5.14. The Balaban J connectivity index is 0.995. The summed E-state index contributed by atoms with van der Waals surface area (Å²) >= 11 is 0. The molecule has 14 heteroatoms. The number of carbonyl (C=O) groups is 4. The van der Waals surface area contributed by atoms with Crippen LogP contribution in [0.2, 0.25) is 0 Å². The van der Waals surface area contributed by atoms with E-state index in [0.717, 1.165) is 87.9 Å². The van der Waals surface area contributed by atoms with Crippen molar-refractivity contribution in [3.63, 3.8) is 0 Å². The smallest absolute Gasteiger partial charge is 0.407 e. The third-order valence-electron chi connectivity index (χ3n) is 11.8. The molecule has 1 saturated carbocycles. The molecule has 292 valence electrons. The number of aromatic amines is 2. The van der Waals surface area contributed by atoms with Gasteiger partial charge in [-0.1, -0.05) is 44.2 Å². The highest BCUT2D eigenvalue weighted by Crippen LogP contribution is 2.50. The van der Waals surface area contributed by atoms with Crippen LogP contribution < -0.4 is 10.6 Å². The fourth-order valence-corrected chi connectivity index (χ4v) is 8.96. The fraction of sp³-hybridized carbons (Fsp3) is 0.429. The molecule has 56 heavy (non-hydrogen) atoms. The molecule has 3 fully saturated rings. The van der Waals surface area contributed by atoms with Gasteiger partial charge in [-0.2, -0.15) is 0 Å². The number of hydrogen-bond donors (Lipinski definition) is 4. The third-order valence-corrected chi connectivity index (χ3v) is 11.8. The van der Waals surface area contributed by atoms with Crippen molar-refractivity contribution >= 4 is 45.8 Å². The Hall–Kier alpha value is -5.92. The summed E-state index contributed by atoms with van der Waals surface area (Å²) in [5.41, 5.74) is 5.70. The molecule has 2 aliphatic heterocycles. The van der Waals surface area contributed by atoms with Gasteiger partial charge in [-0.15, -0.1) is 0 Å². The van der Waals surface area contributed by atoms with Crippen LogP contribution in [0.3, 0.4) is 0 Å². The number of ether oxygens (including phenoxy) is 2. The molecule has 5 aromatic rings. The van der Waals surface area contributed by atoms with E-state index < -0.39 is 24.3 Å². The van der Waals surface area contributed by atoms with Gasteiger partial charge in [0.15, 0.2) is 0 Å². The van der Waals surface area contributed by atoms with E-state index in [0.29, 0.717) is 12.5 Å². The lowest BCUT2D eigenvalue weighted by Crippen LogP contribution is -2.51. The zero-order chi connectivity index (χ0) is 39.2. The number of benzene rings is 3. The molecule has 4 amide bonds. The first-order valence-corrected chi connectivity index (χ1v) is 19.4. The Labute approximate surface area is 324 Å². The van der Waals surface area contributed by atoms with Crippen LogP contribution in [0, 0.1) is 11.8 Å². The van der Waals surface area contributed by atoms with Gasteiger partial charge in [-0.25, -0.2) is 19.6 Å². The first-order chi connectivity index (χ1) is 27.0. The van der Waals surface area contributed by atoms with Crippen molar-refractivity contribution in [2.24, 2.45) is 11.8 Å². The summed E-state index contributed by atoms with van der Waals surface area (Å²) < 4.78 is 9.49. The van der Waals surface area contributed by atoms with Crippen LogP contribution in [-0.2, 0) is 19.1 Å². The molecule has 6 atom stereocenters. The lowest BCUT2D eigenvalue weighted by Gasteiger charge is -2.36. The number of aromatic nitrogens is 4. The number of fused-ring (bicyclic) bond motifs is 4. The van der Waals surface area contributed by atoms with Crippen molar-refractivity contribution in [1.82, 2.24) is 40.4 Å². The monoisotopic (exact) mass is 760 g/mol. The van der Waals surface area contributed by atoms with Crippen LogP contribution in [0.15, 0.2) is 60.8 Å². The molecule has 6 unspecified atom stereocenters. The number of amides is 4. The molecular formula is C42H48N8O6. The molecule has 1 aliphatic carbocycles. The number of rotatable bonds is 9. The zero-order valence-corrected chi connectivity index (χ0v) is 32.3. The van der Waals surface area contributed by atoms with E-state index >= 15 is 0 Å². The second-order valence-electron chi connectivity index (χ2n) is 15.6. The van der Waals surface area contributed by atoms with Crippen molar-refractivity contribution < 1.29 is 28.7 Å². The Bertz CT molecular complexity index is 2320. The first kappa shape index (κ1) is 37.0. The standard InChI is InChI=1S/C42H48N8O6/c1-22(2)35(48-42(54)56-5)40(52)49-16-6-7-34(49)37-45-31-15-13-27(20-32(31)46-37)25-8-9-26-18-28(11-10-24(26)17-25)33-21-43-38(47-33)36-29-12-14-30(19-29)50(36)39(51)23(3)44-41(53)55-4/h8-11,13,15,17-18,20-23,29-30,34-36H,6-7,12,14,16,19H2,1-5H3,(H,43,47)(H,44,53)(H,45,46)(H,48,54). The van der Waals surface area contributed by atoms with Crippen LogP contribution in [0.5, 0.6) is 0 Å². The van der Waals surface area contributed by atoms with Gasteiger partial charge in [-0.3, -0.25) is 9.59 Å². The zero-order valence-electron chi connectivity index (χ0n) is 32.3. The highest BCUT2D eigenvalue weighted by atomic mass is 16.5. The minimum Gasteiger partial charge on any atom is -0.453 e. The number of piperidine rings is 1. The van der Waals surface area contributed by atoms with E-state index in [9.17, 15) is 19.2 Å². The van der Waals surface area contributed by atoms with Crippen molar-refractivity contribution in [3.8, 4) is 22.4 Å². The number of hydrogen-bond acceptors (Lipinski definition) is 8. The molecule has 3 aromatic carbocycles. The summed E-state index contributed by atoms with van der Waals surface area (Å²) in [5.74, 6) is 1.45. The Kier molecular flexibility index (Phi) is 9.89. The Morgan fingerprint density at radius 3 is 2.25 bits per heavy atom. The van der Waals surface area contributed by atoms with Crippen molar-refractivity contribution in [2.75, 3.05) is 20.8 Å². The average molecular weight is 761 g/mol. The Morgan fingerprint density at radius 1 is 0.804 bits per heavy atom. The molecule has 8 rings (SSSR count). The van der Waals surface area contributed by atoms with Gasteiger partial charge < -0.3 is 39.9 Å². The first-order valence-electron chi connectivity index (χ1n) is 19.4. The molecule has 2 bridgehead atoms. The quantitative estimate of drug-likeness (QED) is 0.130. The molecular weight excluding hydrogens is 713 g/mol. The summed E-state index contributed by atoms with van der Waals surface area (Å²) in [4.78, 5) is 71.4. The molecule has 2 aromatic heterocycles. The van der Waals surface area contributed by atoms with Crippen molar-refractivity contribution in [2.45, 2.75) is 83.1 Å². The Morgan fingerprint density at radius 2 is 1.50 bits per heavy atom. The highest BCUT2D eigenvalue weighted by molar-refractivity contribution is 5.92. The lowest BCUT2D eigenvalue weighted by atomic mass is 9.97.